The molecule has 2 amide bonds. The van der Waals surface area contributed by atoms with Crippen molar-refractivity contribution in [1.82, 2.24) is 10.6 Å². The molecule has 2 N–H and O–H groups in total. The van der Waals surface area contributed by atoms with Gasteiger partial charge < -0.3 is 10.6 Å². The van der Waals surface area contributed by atoms with E-state index in [1.807, 2.05) is 24.3 Å². The Balaban J connectivity index is 1.80. The summed E-state index contributed by atoms with van der Waals surface area (Å²) in [6, 6.07) is 7.61. The summed E-state index contributed by atoms with van der Waals surface area (Å²) < 4.78 is 0. The Labute approximate surface area is 130 Å². The average molecular weight is 306 g/mol. The van der Waals surface area contributed by atoms with Crippen LogP contribution in [0.4, 0.5) is 0 Å². The summed E-state index contributed by atoms with van der Waals surface area (Å²) in [5.74, 6) is 0.239. The monoisotopic (exact) mass is 306 g/mol. The minimum Gasteiger partial charge on any atom is -0.354 e. The molecule has 1 aliphatic carbocycles. The molecule has 1 aromatic rings. The van der Waals surface area contributed by atoms with Crippen LogP contribution < -0.4 is 10.6 Å². The van der Waals surface area contributed by atoms with Crippen molar-refractivity contribution in [3.63, 3.8) is 0 Å². The topological polar surface area (TPSA) is 58.2 Å². The lowest BCUT2D eigenvalue weighted by atomic mass is 10.2. The van der Waals surface area contributed by atoms with Crippen molar-refractivity contribution in [3.05, 3.63) is 29.8 Å². The van der Waals surface area contributed by atoms with E-state index < -0.39 is 0 Å². The van der Waals surface area contributed by atoms with Crippen molar-refractivity contribution in [2.75, 3.05) is 13.1 Å². The lowest BCUT2D eigenvalue weighted by Gasteiger charge is -2.11. The van der Waals surface area contributed by atoms with Crippen LogP contribution in [0.3, 0.4) is 0 Å². The van der Waals surface area contributed by atoms with Crippen molar-refractivity contribution in [2.24, 2.45) is 5.92 Å². The molecule has 114 valence electrons. The molecule has 0 aliphatic heterocycles. The number of carbonyl (C=O) groups is 2. The van der Waals surface area contributed by atoms with Crippen molar-refractivity contribution in [3.8, 4) is 0 Å². The number of benzene rings is 1. The number of thioether (sulfide) groups is 1. The SMILES string of the molecule is CC(C)Sc1ccccc1C(=O)NCCNC(=O)C1CC1. The standard InChI is InChI=1S/C16H22N2O2S/c1-11(2)21-14-6-4-3-5-13(14)16(20)18-10-9-17-15(19)12-7-8-12/h3-6,11-12H,7-10H2,1-2H3,(H,17,19)(H,18,20). The largest absolute Gasteiger partial charge is 0.354 e. The molecule has 1 saturated carbocycles. The first kappa shape index (κ1) is 15.9. The second-order valence-electron chi connectivity index (χ2n) is 5.48. The first-order valence-electron chi connectivity index (χ1n) is 7.39. The van der Waals surface area contributed by atoms with Gasteiger partial charge in [-0.15, -0.1) is 11.8 Å². The fourth-order valence-electron chi connectivity index (χ4n) is 1.96. The van der Waals surface area contributed by atoms with E-state index in [9.17, 15) is 9.59 Å². The van der Waals surface area contributed by atoms with Crippen LogP contribution in [-0.4, -0.2) is 30.2 Å². The summed E-state index contributed by atoms with van der Waals surface area (Å²) >= 11 is 1.68. The summed E-state index contributed by atoms with van der Waals surface area (Å²) in [5.41, 5.74) is 0.699. The Morgan fingerprint density at radius 3 is 2.52 bits per heavy atom. The fourth-order valence-corrected chi connectivity index (χ4v) is 2.91. The van der Waals surface area contributed by atoms with Crippen molar-refractivity contribution >= 4 is 23.6 Å². The highest BCUT2D eigenvalue weighted by atomic mass is 32.2. The van der Waals surface area contributed by atoms with Crippen LogP contribution in [0.5, 0.6) is 0 Å². The molecule has 0 aromatic heterocycles. The minimum absolute atomic E-state index is 0.0839. The third kappa shape index (κ3) is 5.08. The molecular weight excluding hydrogens is 284 g/mol. The lowest BCUT2D eigenvalue weighted by molar-refractivity contribution is -0.122. The first-order chi connectivity index (χ1) is 10.1. The van der Waals surface area contributed by atoms with Gasteiger partial charge in [-0.3, -0.25) is 9.59 Å². The highest BCUT2D eigenvalue weighted by Crippen LogP contribution is 2.28. The van der Waals surface area contributed by atoms with Gasteiger partial charge in [0.1, 0.15) is 0 Å². The molecule has 0 heterocycles. The van der Waals surface area contributed by atoms with Gasteiger partial charge in [0.15, 0.2) is 0 Å². The highest BCUT2D eigenvalue weighted by molar-refractivity contribution is 8.00. The zero-order valence-corrected chi connectivity index (χ0v) is 13.3. The molecule has 0 unspecified atom stereocenters. The first-order valence-corrected chi connectivity index (χ1v) is 8.27. The van der Waals surface area contributed by atoms with Crippen LogP contribution in [0.1, 0.15) is 37.0 Å². The van der Waals surface area contributed by atoms with Crippen LogP contribution >= 0.6 is 11.8 Å². The van der Waals surface area contributed by atoms with Crippen LogP contribution in [0.2, 0.25) is 0 Å². The quantitative estimate of drug-likeness (QED) is 0.601. The van der Waals surface area contributed by atoms with E-state index in [2.05, 4.69) is 24.5 Å². The van der Waals surface area contributed by atoms with E-state index in [0.29, 0.717) is 23.9 Å². The van der Waals surface area contributed by atoms with Crippen LogP contribution in [-0.2, 0) is 4.79 Å². The maximum absolute atomic E-state index is 12.2. The maximum atomic E-state index is 12.2. The van der Waals surface area contributed by atoms with Gasteiger partial charge in [-0.1, -0.05) is 26.0 Å². The average Bonchev–Trinajstić information content (AvgIpc) is 3.27. The van der Waals surface area contributed by atoms with Crippen molar-refractivity contribution in [1.29, 1.82) is 0 Å². The van der Waals surface area contributed by atoms with Crippen LogP contribution in [0.15, 0.2) is 29.2 Å². The normalized spacial score (nSPS) is 14.0. The van der Waals surface area contributed by atoms with Crippen molar-refractivity contribution in [2.45, 2.75) is 36.8 Å². The van der Waals surface area contributed by atoms with E-state index in [4.69, 9.17) is 0 Å². The molecule has 0 saturated heterocycles. The molecule has 1 aliphatic rings. The van der Waals surface area contributed by atoms with Gasteiger partial charge in [-0.2, -0.15) is 0 Å². The number of rotatable bonds is 7. The Morgan fingerprint density at radius 2 is 1.86 bits per heavy atom. The molecule has 4 nitrogen and oxygen atoms in total. The van der Waals surface area contributed by atoms with E-state index in [1.54, 1.807) is 11.8 Å². The third-order valence-electron chi connectivity index (χ3n) is 3.15. The summed E-state index contributed by atoms with van der Waals surface area (Å²) in [6.07, 6.45) is 2.00. The molecule has 0 spiro atoms. The van der Waals surface area contributed by atoms with Crippen LogP contribution in [0.25, 0.3) is 0 Å². The number of carbonyl (C=O) groups excluding carboxylic acids is 2. The number of hydrogen-bond acceptors (Lipinski definition) is 3. The molecule has 1 fully saturated rings. The predicted octanol–water partition coefficient (Wildman–Crippen LogP) is 2.44. The smallest absolute Gasteiger partial charge is 0.252 e. The molecule has 0 radical (unpaired) electrons. The Kier molecular flexibility index (Phi) is 5.67. The molecule has 0 bridgehead atoms. The molecule has 0 atom stereocenters. The fraction of sp³-hybridized carbons (Fsp3) is 0.500. The van der Waals surface area contributed by atoms with E-state index in [1.165, 1.54) is 0 Å². The maximum Gasteiger partial charge on any atom is 0.252 e. The Hall–Kier alpha value is -1.49. The number of amides is 2. The van der Waals surface area contributed by atoms with Gasteiger partial charge in [-0.05, 0) is 25.0 Å². The molecule has 5 heteroatoms. The molecule has 2 rings (SSSR count). The second kappa shape index (κ2) is 7.50. The lowest BCUT2D eigenvalue weighted by Crippen LogP contribution is -2.35. The van der Waals surface area contributed by atoms with Gasteiger partial charge in [0.2, 0.25) is 5.91 Å². The zero-order chi connectivity index (χ0) is 15.2. The zero-order valence-electron chi connectivity index (χ0n) is 12.5. The molecule has 1 aromatic carbocycles. The predicted molar refractivity (Wildman–Crippen MR) is 85.5 cm³/mol. The summed E-state index contributed by atoms with van der Waals surface area (Å²) in [6.45, 7) is 5.15. The van der Waals surface area contributed by atoms with Gasteiger partial charge in [0.25, 0.3) is 5.91 Å². The summed E-state index contributed by atoms with van der Waals surface area (Å²) in [4.78, 5) is 24.7. The summed E-state index contributed by atoms with van der Waals surface area (Å²) in [5, 5.41) is 6.13. The van der Waals surface area contributed by atoms with Crippen LogP contribution in [0, 0.1) is 5.92 Å². The Bertz CT molecular complexity index is 513. The van der Waals surface area contributed by atoms with Gasteiger partial charge in [-0.25, -0.2) is 0 Å². The minimum atomic E-state index is -0.0839. The van der Waals surface area contributed by atoms with E-state index >= 15 is 0 Å². The second-order valence-corrected chi connectivity index (χ2v) is 7.10. The molecular formula is C16H22N2O2S. The number of nitrogens with one attached hydrogen (secondary N) is 2. The van der Waals surface area contributed by atoms with Gasteiger partial charge in [0.05, 0.1) is 5.56 Å². The van der Waals surface area contributed by atoms with E-state index in [0.717, 1.165) is 17.7 Å². The van der Waals surface area contributed by atoms with Gasteiger partial charge in [0, 0.05) is 29.2 Å². The highest BCUT2D eigenvalue weighted by Gasteiger charge is 2.29. The third-order valence-corrected chi connectivity index (χ3v) is 4.23. The number of hydrogen-bond donors (Lipinski definition) is 2. The van der Waals surface area contributed by atoms with E-state index in [-0.39, 0.29) is 17.7 Å². The molecule has 21 heavy (non-hydrogen) atoms. The Morgan fingerprint density at radius 1 is 1.19 bits per heavy atom. The van der Waals surface area contributed by atoms with Gasteiger partial charge >= 0.3 is 0 Å². The van der Waals surface area contributed by atoms with Crippen molar-refractivity contribution < 1.29 is 9.59 Å². The summed E-state index contributed by atoms with van der Waals surface area (Å²) in [7, 11) is 0.